The third-order valence-electron chi connectivity index (χ3n) is 3.71. The fraction of sp³-hybridized carbons (Fsp3) is 0.526. The molecule has 0 saturated heterocycles. The lowest BCUT2D eigenvalue weighted by Gasteiger charge is -2.22. The van der Waals surface area contributed by atoms with Crippen molar-refractivity contribution in [2.75, 3.05) is 7.11 Å². The van der Waals surface area contributed by atoms with Crippen LogP contribution in [0.4, 0.5) is 4.79 Å². The number of amides is 2. The first kappa shape index (κ1) is 23.1. The summed E-state index contributed by atoms with van der Waals surface area (Å²) >= 11 is 0. The average molecular weight is 396 g/mol. The van der Waals surface area contributed by atoms with Crippen molar-refractivity contribution < 1.29 is 34.1 Å². The smallest absolute Gasteiger partial charge is 0.330 e. The van der Waals surface area contributed by atoms with Crippen molar-refractivity contribution in [3.63, 3.8) is 0 Å². The number of carbonyl (C=O) groups excluding carboxylic acids is 2. The van der Waals surface area contributed by atoms with Crippen LogP contribution in [0.15, 0.2) is 18.2 Å². The minimum atomic E-state index is -1.41. The average Bonchev–Trinajstić information content (AvgIpc) is 2.58. The van der Waals surface area contributed by atoms with Crippen LogP contribution < -0.4 is 15.4 Å². The Hall–Kier alpha value is -2.97. The standard InChI is InChI=1S/C19H28N2O7/c1-10(2)8-13(18(25)28-11(3)4)20-19(26)21-16(17(23)24)12-6-7-14(22)15(9-12)27-5/h6-7,9-11,13,16,22H,8H2,1-5H3,(H,23,24)(H2,20,21,26)/t13-,16?/m0/s1. The van der Waals surface area contributed by atoms with Gasteiger partial charge in [0, 0.05) is 0 Å². The van der Waals surface area contributed by atoms with Gasteiger partial charge in [0.15, 0.2) is 17.5 Å². The Labute approximate surface area is 164 Å². The number of aromatic hydroxyl groups is 1. The van der Waals surface area contributed by atoms with E-state index in [1.54, 1.807) is 13.8 Å². The summed E-state index contributed by atoms with van der Waals surface area (Å²) in [6.07, 6.45) is -0.00716. The van der Waals surface area contributed by atoms with Gasteiger partial charge in [-0.05, 0) is 43.9 Å². The van der Waals surface area contributed by atoms with E-state index >= 15 is 0 Å². The van der Waals surface area contributed by atoms with E-state index in [9.17, 15) is 24.6 Å². The molecular weight excluding hydrogens is 368 g/mol. The fourth-order valence-corrected chi connectivity index (χ4v) is 2.49. The summed E-state index contributed by atoms with van der Waals surface area (Å²) in [5.74, 6) is -1.89. The van der Waals surface area contributed by atoms with Gasteiger partial charge in [-0.1, -0.05) is 19.9 Å². The normalized spacial score (nSPS) is 13.0. The molecule has 0 aliphatic heterocycles. The van der Waals surface area contributed by atoms with Crippen LogP contribution in [0.1, 0.15) is 45.7 Å². The summed E-state index contributed by atoms with van der Waals surface area (Å²) in [5, 5.41) is 23.9. The van der Waals surface area contributed by atoms with E-state index in [-0.39, 0.29) is 29.1 Å². The molecule has 28 heavy (non-hydrogen) atoms. The number of esters is 1. The van der Waals surface area contributed by atoms with Gasteiger partial charge in [0.2, 0.25) is 0 Å². The zero-order valence-electron chi connectivity index (χ0n) is 16.7. The first-order chi connectivity index (χ1) is 13.0. The maximum absolute atomic E-state index is 12.4. The maximum atomic E-state index is 12.4. The molecule has 4 N–H and O–H groups in total. The van der Waals surface area contributed by atoms with E-state index in [4.69, 9.17) is 9.47 Å². The maximum Gasteiger partial charge on any atom is 0.330 e. The van der Waals surface area contributed by atoms with Crippen LogP contribution in [0.25, 0.3) is 0 Å². The second kappa shape index (κ2) is 10.4. The van der Waals surface area contributed by atoms with Gasteiger partial charge < -0.3 is 30.3 Å². The van der Waals surface area contributed by atoms with Gasteiger partial charge in [-0.2, -0.15) is 0 Å². The number of carbonyl (C=O) groups is 3. The predicted octanol–water partition coefficient (Wildman–Crippen LogP) is 2.19. The van der Waals surface area contributed by atoms with E-state index in [1.165, 1.54) is 25.3 Å². The Morgan fingerprint density at radius 1 is 1.11 bits per heavy atom. The third-order valence-corrected chi connectivity index (χ3v) is 3.71. The summed E-state index contributed by atoms with van der Waals surface area (Å²) in [6, 6.07) is 0.792. The number of hydrogen-bond donors (Lipinski definition) is 4. The van der Waals surface area contributed by atoms with Crippen molar-refractivity contribution in [3.8, 4) is 11.5 Å². The Balaban J connectivity index is 2.95. The van der Waals surface area contributed by atoms with Crippen LogP contribution in [-0.2, 0) is 14.3 Å². The van der Waals surface area contributed by atoms with E-state index in [0.717, 1.165) is 0 Å². The lowest BCUT2D eigenvalue weighted by atomic mass is 10.0. The highest BCUT2D eigenvalue weighted by atomic mass is 16.5. The van der Waals surface area contributed by atoms with Gasteiger partial charge in [-0.3, -0.25) is 0 Å². The molecule has 1 unspecified atom stereocenters. The molecule has 0 aliphatic carbocycles. The van der Waals surface area contributed by atoms with Crippen molar-refractivity contribution in [2.45, 2.75) is 52.3 Å². The lowest BCUT2D eigenvalue weighted by molar-refractivity contribution is -0.150. The summed E-state index contributed by atoms with van der Waals surface area (Å²) < 4.78 is 10.1. The second-order valence-electron chi connectivity index (χ2n) is 6.99. The monoisotopic (exact) mass is 396 g/mol. The molecule has 0 spiro atoms. The first-order valence-corrected chi connectivity index (χ1v) is 8.92. The molecule has 0 radical (unpaired) electrons. The Kier molecular flexibility index (Phi) is 8.56. The molecule has 9 heteroatoms. The molecule has 0 aromatic heterocycles. The zero-order valence-corrected chi connectivity index (χ0v) is 16.7. The number of nitrogens with one attached hydrogen (secondary N) is 2. The first-order valence-electron chi connectivity index (χ1n) is 8.92. The molecular formula is C19H28N2O7. The number of phenols is 1. The number of hydrogen-bond acceptors (Lipinski definition) is 6. The molecule has 0 heterocycles. The molecule has 2 atom stereocenters. The van der Waals surface area contributed by atoms with Crippen LogP contribution in [-0.4, -0.2) is 47.4 Å². The number of carboxylic acid groups (broad SMARTS) is 1. The molecule has 1 aromatic carbocycles. The zero-order chi connectivity index (χ0) is 21.4. The molecule has 1 rings (SSSR count). The number of urea groups is 1. The number of aliphatic carboxylic acids is 1. The third kappa shape index (κ3) is 6.98. The van der Waals surface area contributed by atoms with Crippen molar-refractivity contribution >= 4 is 18.0 Å². The Morgan fingerprint density at radius 3 is 2.25 bits per heavy atom. The van der Waals surface area contributed by atoms with Crippen molar-refractivity contribution in [2.24, 2.45) is 5.92 Å². The van der Waals surface area contributed by atoms with Gasteiger partial charge >= 0.3 is 18.0 Å². The van der Waals surface area contributed by atoms with Gasteiger partial charge in [0.1, 0.15) is 6.04 Å². The SMILES string of the molecule is COc1cc(C(NC(=O)N[C@@H](CC(C)C)C(=O)OC(C)C)C(=O)O)ccc1O. The Morgan fingerprint density at radius 2 is 1.75 bits per heavy atom. The summed E-state index contributed by atoms with van der Waals surface area (Å²) in [7, 11) is 1.32. The quantitative estimate of drug-likeness (QED) is 0.470. The lowest BCUT2D eigenvalue weighted by Crippen LogP contribution is -2.49. The Bertz CT molecular complexity index is 704. The van der Waals surface area contributed by atoms with Crippen LogP contribution in [0.5, 0.6) is 11.5 Å². The number of ether oxygens (including phenoxy) is 2. The predicted molar refractivity (Wildman–Crippen MR) is 101 cm³/mol. The highest BCUT2D eigenvalue weighted by Gasteiger charge is 2.28. The molecule has 0 bridgehead atoms. The molecule has 1 aromatic rings. The van der Waals surface area contributed by atoms with Crippen LogP contribution >= 0.6 is 0 Å². The minimum absolute atomic E-state index is 0.0733. The van der Waals surface area contributed by atoms with Gasteiger partial charge in [-0.15, -0.1) is 0 Å². The molecule has 0 aliphatic rings. The van der Waals surface area contributed by atoms with E-state index in [2.05, 4.69) is 10.6 Å². The highest BCUT2D eigenvalue weighted by Crippen LogP contribution is 2.29. The molecule has 0 saturated carbocycles. The van der Waals surface area contributed by atoms with Crippen molar-refractivity contribution in [1.82, 2.24) is 10.6 Å². The molecule has 0 fully saturated rings. The molecule has 2 amide bonds. The topological polar surface area (TPSA) is 134 Å². The van der Waals surface area contributed by atoms with Crippen LogP contribution in [0.3, 0.4) is 0 Å². The largest absolute Gasteiger partial charge is 0.504 e. The van der Waals surface area contributed by atoms with E-state index in [0.29, 0.717) is 6.42 Å². The molecule has 9 nitrogen and oxygen atoms in total. The summed E-state index contributed by atoms with van der Waals surface area (Å²) in [6.45, 7) is 7.17. The van der Waals surface area contributed by atoms with Crippen molar-refractivity contribution in [3.05, 3.63) is 23.8 Å². The summed E-state index contributed by atoms with van der Waals surface area (Å²) in [4.78, 5) is 36.2. The van der Waals surface area contributed by atoms with Crippen LogP contribution in [0, 0.1) is 5.92 Å². The minimum Gasteiger partial charge on any atom is -0.504 e. The number of rotatable bonds is 9. The van der Waals surface area contributed by atoms with Crippen molar-refractivity contribution in [1.29, 1.82) is 0 Å². The van der Waals surface area contributed by atoms with E-state index in [1.807, 2.05) is 13.8 Å². The van der Waals surface area contributed by atoms with Crippen LogP contribution in [0.2, 0.25) is 0 Å². The van der Waals surface area contributed by atoms with Gasteiger partial charge in [-0.25, -0.2) is 14.4 Å². The highest BCUT2D eigenvalue weighted by molar-refractivity contribution is 5.87. The van der Waals surface area contributed by atoms with E-state index < -0.39 is 30.1 Å². The molecule has 156 valence electrons. The summed E-state index contributed by atoms with van der Waals surface area (Å²) in [5.41, 5.74) is 0.197. The number of benzene rings is 1. The fourth-order valence-electron chi connectivity index (χ4n) is 2.49. The number of methoxy groups -OCH3 is 1. The number of carboxylic acids is 1. The second-order valence-corrected chi connectivity index (χ2v) is 6.99. The van der Waals surface area contributed by atoms with Gasteiger partial charge in [0.05, 0.1) is 13.2 Å². The number of phenolic OH excluding ortho intramolecular Hbond substituents is 1. The van der Waals surface area contributed by atoms with Gasteiger partial charge in [0.25, 0.3) is 0 Å².